The van der Waals surface area contributed by atoms with Crippen molar-refractivity contribution in [2.45, 2.75) is 32.7 Å². The van der Waals surface area contributed by atoms with Crippen molar-refractivity contribution in [3.8, 4) is 16.3 Å². The molecule has 1 heterocycles. The van der Waals surface area contributed by atoms with Crippen LogP contribution in [-0.4, -0.2) is 35.8 Å². The lowest BCUT2D eigenvalue weighted by atomic mass is 10.00. The first-order chi connectivity index (χ1) is 11.6. The maximum absolute atomic E-state index is 12.2. The first kappa shape index (κ1) is 18.4. The lowest BCUT2D eigenvalue weighted by molar-refractivity contribution is -0.121. The minimum Gasteiger partial charge on any atom is -0.497 e. The fraction of sp³-hybridized carbons (Fsp3) is 0.444. The van der Waals surface area contributed by atoms with Gasteiger partial charge in [-0.15, -0.1) is 11.3 Å². The van der Waals surface area contributed by atoms with E-state index in [0.29, 0.717) is 0 Å². The number of carbonyl (C=O) groups excluding carboxylic acids is 1. The molecule has 0 aliphatic rings. The number of amides is 1. The molecule has 130 valence electrons. The summed E-state index contributed by atoms with van der Waals surface area (Å²) in [4.78, 5) is 16.7. The molecule has 1 aromatic heterocycles. The second-order valence-electron chi connectivity index (χ2n) is 5.79. The number of methoxy groups -OCH3 is 1. The summed E-state index contributed by atoms with van der Waals surface area (Å²) < 4.78 is 5.15. The Bertz CT molecular complexity index is 655. The van der Waals surface area contributed by atoms with Crippen LogP contribution in [0.1, 0.15) is 26.0 Å². The number of benzene rings is 1. The van der Waals surface area contributed by atoms with Crippen molar-refractivity contribution in [1.29, 1.82) is 0 Å². The number of ether oxygens (including phenoxy) is 1. The van der Waals surface area contributed by atoms with Gasteiger partial charge in [-0.3, -0.25) is 4.79 Å². The lowest BCUT2D eigenvalue weighted by Crippen LogP contribution is -2.42. The Morgan fingerprint density at radius 2 is 2.08 bits per heavy atom. The molecule has 2 aromatic rings. The van der Waals surface area contributed by atoms with Crippen LogP contribution in [0.15, 0.2) is 29.6 Å². The summed E-state index contributed by atoms with van der Waals surface area (Å²) in [6.45, 7) is 4.02. The molecule has 2 rings (SSSR count). The van der Waals surface area contributed by atoms with Gasteiger partial charge in [0.1, 0.15) is 10.8 Å². The van der Waals surface area contributed by atoms with E-state index >= 15 is 0 Å². The molecule has 0 aliphatic heterocycles. The van der Waals surface area contributed by atoms with Crippen LogP contribution in [0, 0.1) is 5.92 Å². The van der Waals surface area contributed by atoms with Crippen LogP contribution in [0.2, 0.25) is 0 Å². The van der Waals surface area contributed by atoms with E-state index in [-0.39, 0.29) is 30.9 Å². The van der Waals surface area contributed by atoms with Crippen molar-refractivity contribution in [3.05, 3.63) is 35.3 Å². The van der Waals surface area contributed by atoms with E-state index in [4.69, 9.17) is 4.74 Å². The van der Waals surface area contributed by atoms with Gasteiger partial charge in [-0.05, 0) is 30.2 Å². The quantitative estimate of drug-likeness (QED) is 0.769. The van der Waals surface area contributed by atoms with Crippen LogP contribution in [0.3, 0.4) is 0 Å². The molecular formula is C18H24N2O3S. The van der Waals surface area contributed by atoms with Crippen LogP contribution in [0.25, 0.3) is 10.6 Å². The Hall–Kier alpha value is -1.92. The van der Waals surface area contributed by atoms with Gasteiger partial charge in [-0.1, -0.05) is 20.3 Å². The molecule has 0 fully saturated rings. The number of carbonyl (C=O) groups is 1. The molecule has 1 aromatic carbocycles. The fourth-order valence-electron chi connectivity index (χ4n) is 2.33. The highest BCUT2D eigenvalue weighted by Gasteiger charge is 2.18. The Kier molecular flexibility index (Phi) is 6.75. The third-order valence-corrected chi connectivity index (χ3v) is 5.04. The average molecular weight is 348 g/mol. The second kappa shape index (κ2) is 8.80. The van der Waals surface area contributed by atoms with E-state index in [1.807, 2.05) is 43.5 Å². The summed E-state index contributed by atoms with van der Waals surface area (Å²) >= 11 is 1.51. The van der Waals surface area contributed by atoms with E-state index in [0.717, 1.165) is 28.4 Å². The molecule has 0 unspecified atom stereocenters. The Morgan fingerprint density at radius 3 is 2.67 bits per heavy atom. The van der Waals surface area contributed by atoms with Gasteiger partial charge in [0.15, 0.2) is 0 Å². The van der Waals surface area contributed by atoms with E-state index in [1.54, 1.807) is 7.11 Å². The summed E-state index contributed by atoms with van der Waals surface area (Å²) in [7, 11) is 1.63. The summed E-state index contributed by atoms with van der Waals surface area (Å²) in [5.74, 6) is 0.931. The maximum atomic E-state index is 12.2. The number of nitrogens with one attached hydrogen (secondary N) is 1. The zero-order valence-corrected chi connectivity index (χ0v) is 15.1. The first-order valence-electron chi connectivity index (χ1n) is 8.06. The normalized spacial score (nSPS) is 13.3. The molecule has 2 N–H and O–H groups in total. The average Bonchev–Trinajstić information content (AvgIpc) is 3.07. The predicted octanol–water partition coefficient (Wildman–Crippen LogP) is 2.88. The molecule has 2 atom stereocenters. The smallest absolute Gasteiger partial charge is 0.226 e. The van der Waals surface area contributed by atoms with Crippen LogP contribution in [0.4, 0.5) is 0 Å². The minimum atomic E-state index is -0.206. The lowest BCUT2D eigenvalue weighted by Gasteiger charge is -2.21. The molecular weight excluding hydrogens is 324 g/mol. The van der Waals surface area contributed by atoms with Crippen molar-refractivity contribution < 1.29 is 14.6 Å². The van der Waals surface area contributed by atoms with Crippen LogP contribution < -0.4 is 10.1 Å². The number of aromatic nitrogens is 1. The third kappa shape index (κ3) is 4.79. The van der Waals surface area contributed by atoms with Gasteiger partial charge in [-0.25, -0.2) is 4.98 Å². The summed E-state index contributed by atoms with van der Waals surface area (Å²) in [5, 5.41) is 15.1. The Morgan fingerprint density at radius 1 is 1.38 bits per heavy atom. The van der Waals surface area contributed by atoms with Gasteiger partial charge in [0.25, 0.3) is 0 Å². The van der Waals surface area contributed by atoms with E-state index in [2.05, 4.69) is 10.3 Å². The van der Waals surface area contributed by atoms with E-state index in [9.17, 15) is 9.90 Å². The minimum absolute atomic E-state index is 0.0467. The standard InChI is InChI=1S/C18H24N2O3S/c1-4-12(2)16(10-21)20-17(22)9-14-11-24-18(19-14)13-5-7-15(23-3)8-6-13/h5-8,11-12,16,21H,4,9-10H2,1-3H3,(H,20,22)/t12-,16+/m1/s1. The molecule has 1 amide bonds. The van der Waals surface area contributed by atoms with Gasteiger partial charge in [-0.2, -0.15) is 0 Å². The predicted molar refractivity (Wildman–Crippen MR) is 96.3 cm³/mol. The largest absolute Gasteiger partial charge is 0.497 e. The molecule has 0 aliphatic carbocycles. The van der Waals surface area contributed by atoms with Crippen LogP contribution in [-0.2, 0) is 11.2 Å². The second-order valence-corrected chi connectivity index (χ2v) is 6.65. The van der Waals surface area contributed by atoms with Gasteiger partial charge in [0.05, 0.1) is 31.9 Å². The maximum Gasteiger partial charge on any atom is 0.226 e. The molecule has 6 heteroatoms. The van der Waals surface area contributed by atoms with Gasteiger partial charge < -0.3 is 15.2 Å². The number of hydrogen-bond donors (Lipinski definition) is 2. The van der Waals surface area contributed by atoms with Crippen molar-refractivity contribution >= 4 is 17.2 Å². The number of hydrogen-bond acceptors (Lipinski definition) is 5. The van der Waals surface area contributed by atoms with Crippen molar-refractivity contribution in [2.24, 2.45) is 5.92 Å². The molecule has 24 heavy (non-hydrogen) atoms. The topological polar surface area (TPSA) is 71.5 Å². The van der Waals surface area contributed by atoms with E-state index in [1.165, 1.54) is 11.3 Å². The number of aliphatic hydroxyl groups excluding tert-OH is 1. The molecule has 0 radical (unpaired) electrons. The fourth-order valence-corrected chi connectivity index (χ4v) is 3.15. The molecule has 0 saturated carbocycles. The number of nitrogens with zero attached hydrogens (tertiary/aromatic N) is 1. The number of rotatable bonds is 8. The Labute approximate surface area is 146 Å². The summed E-state index contributed by atoms with van der Waals surface area (Å²) in [5.41, 5.74) is 1.74. The summed E-state index contributed by atoms with van der Waals surface area (Å²) in [6.07, 6.45) is 1.13. The molecule has 0 bridgehead atoms. The third-order valence-electron chi connectivity index (χ3n) is 4.10. The number of thiazole rings is 1. The van der Waals surface area contributed by atoms with Crippen molar-refractivity contribution in [1.82, 2.24) is 10.3 Å². The summed E-state index contributed by atoms with van der Waals surface area (Å²) in [6, 6.07) is 7.47. The van der Waals surface area contributed by atoms with Crippen molar-refractivity contribution in [3.63, 3.8) is 0 Å². The van der Waals surface area contributed by atoms with Crippen molar-refractivity contribution in [2.75, 3.05) is 13.7 Å². The highest BCUT2D eigenvalue weighted by Crippen LogP contribution is 2.25. The monoisotopic (exact) mass is 348 g/mol. The SMILES string of the molecule is CC[C@@H](C)[C@H](CO)NC(=O)Cc1csc(-c2ccc(OC)cc2)n1. The van der Waals surface area contributed by atoms with Gasteiger partial charge >= 0.3 is 0 Å². The molecule has 0 spiro atoms. The zero-order valence-electron chi connectivity index (χ0n) is 14.3. The molecule has 5 nitrogen and oxygen atoms in total. The first-order valence-corrected chi connectivity index (χ1v) is 8.94. The van der Waals surface area contributed by atoms with Gasteiger partial charge in [0, 0.05) is 10.9 Å². The van der Waals surface area contributed by atoms with Crippen LogP contribution >= 0.6 is 11.3 Å². The Balaban J connectivity index is 1.98. The highest BCUT2D eigenvalue weighted by atomic mass is 32.1. The zero-order chi connectivity index (χ0) is 17.5. The highest BCUT2D eigenvalue weighted by molar-refractivity contribution is 7.13. The van der Waals surface area contributed by atoms with Crippen LogP contribution in [0.5, 0.6) is 5.75 Å². The van der Waals surface area contributed by atoms with E-state index < -0.39 is 0 Å². The number of aliphatic hydroxyl groups is 1. The van der Waals surface area contributed by atoms with Gasteiger partial charge in [0.2, 0.25) is 5.91 Å². The molecule has 0 saturated heterocycles.